The van der Waals surface area contributed by atoms with E-state index in [0.717, 1.165) is 64.2 Å². The van der Waals surface area contributed by atoms with Gasteiger partial charge in [-0.05, 0) is 49.5 Å². The molecule has 2 aliphatic heterocycles. The number of guanidine groups is 1. The molecule has 2 fully saturated rings. The highest BCUT2D eigenvalue weighted by molar-refractivity contribution is 5.79. The molecule has 7 heteroatoms. The largest absolute Gasteiger partial charge is 0.497 e. The second-order valence-electron chi connectivity index (χ2n) is 8.83. The van der Waals surface area contributed by atoms with E-state index in [2.05, 4.69) is 57.5 Å². The molecule has 1 aromatic rings. The van der Waals surface area contributed by atoms with Crippen molar-refractivity contribution in [3.05, 3.63) is 29.8 Å². The van der Waals surface area contributed by atoms with Crippen LogP contribution < -0.4 is 15.4 Å². The molecule has 2 aliphatic rings. The highest BCUT2D eigenvalue weighted by Gasteiger charge is 2.26. The van der Waals surface area contributed by atoms with Crippen molar-refractivity contribution >= 4 is 5.96 Å². The first kappa shape index (κ1) is 23.8. The van der Waals surface area contributed by atoms with Gasteiger partial charge in [-0.25, -0.2) is 0 Å². The molecule has 31 heavy (non-hydrogen) atoms. The average molecular weight is 432 g/mol. The fraction of sp³-hybridized carbons (Fsp3) is 0.708. The van der Waals surface area contributed by atoms with Gasteiger partial charge >= 0.3 is 0 Å². The van der Waals surface area contributed by atoms with Crippen molar-refractivity contribution in [2.24, 2.45) is 10.9 Å². The summed E-state index contributed by atoms with van der Waals surface area (Å²) in [6.07, 6.45) is 2.53. The highest BCUT2D eigenvalue weighted by atomic mass is 16.5. The Labute approximate surface area is 188 Å². The normalized spacial score (nSPS) is 20.6. The minimum Gasteiger partial charge on any atom is -0.497 e. The number of hydrogen-bond acceptors (Lipinski definition) is 5. The lowest BCUT2D eigenvalue weighted by Crippen LogP contribution is -2.53. The number of nitrogens with one attached hydrogen (secondary N) is 2. The summed E-state index contributed by atoms with van der Waals surface area (Å²) in [4.78, 5) is 9.61. The number of likely N-dealkylation sites (tertiary alicyclic amines) is 1. The summed E-state index contributed by atoms with van der Waals surface area (Å²) in [5.41, 5.74) is 1.29. The van der Waals surface area contributed by atoms with Crippen molar-refractivity contribution in [3.8, 4) is 5.75 Å². The van der Waals surface area contributed by atoms with E-state index in [0.29, 0.717) is 18.0 Å². The number of methoxy groups -OCH3 is 1. The molecule has 0 spiro atoms. The van der Waals surface area contributed by atoms with E-state index < -0.39 is 0 Å². The molecule has 174 valence electrons. The average Bonchev–Trinajstić information content (AvgIpc) is 3.33. The SMILES string of the molecule is CN=C(NCC(c1cccc(OC)c1)N1CCCC1)NCC(C(C)C)N1CCOCC1. The minimum absolute atomic E-state index is 0.302. The van der Waals surface area contributed by atoms with Crippen molar-refractivity contribution in [1.29, 1.82) is 0 Å². The van der Waals surface area contributed by atoms with Gasteiger partial charge in [0.2, 0.25) is 0 Å². The lowest BCUT2D eigenvalue weighted by molar-refractivity contribution is 0.00752. The molecule has 2 heterocycles. The fourth-order valence-electron chi connectivity index (χ4n) is 4.67. The van der Waals surface area contributed by atoms with E-state index in [1.54, 1.807) is 7.11 Å². The number of hydrogen-bond donors (Lipinski definition) is 2. The van der Waals surface area contributed by atoms with Crippen LogP contribution in [0.3, 0.4) is 0 Å². The molecule has 0 saturated carbocycles. The van der Waals surface area contributed by atoms with Crippen LogP contribution in [0.25, 0.3) is 0 Å². The molecule has 2 unspecified atom stereocenters. The van der Waals surface area contributed by atoms with Gasteiger partial charge in [0.1, 0.15) is 5.75 Å². The molecule has 1 aromatic carbocycles. The monoisotopic (exact) mass is 431 g/mol. The number of rotatable bonds is 9. The summed E-state index contributed by atoms with van der Waals surface area (Å²) >= 11 is 0. The lowest BCUT2D eigenvalue weighted by Gasteiger charge is -2.37. The Hall–Kier alpha value is -1.83. The quantitative estimate of drug-likeness (QED) is 0.462. The van der Waals surface area contributed by atoms with E-state index in [1.165, 1.54) is 18.4 Å². The van der Waals surface area contributed by atoms with Crippen LogP contribution in [0.2, 0.25) is 0 Å². The van der Waals surface area contributed by atoms with Crippen LogP contribution in [0, 0.1) is 5.92 Å². The van der Waals surface area contributed by atoms with E-state index in [4.69, 9.17) is 9.47 Å². The van der Waals surface area contributed by atoms with Crippen LogP contribution in [-0.2, 0) is 4.74 Å². The van der Waals surface area contributed by atoms with Gasteiger partial charge in [-0.1, -0.05) is 26.0 Å². The van der Waals surface area contributed by atoms with Crippen molar-refractivity contribution in [3.63, 3.8) is 0 Å². The van der Waals surface area contributed by atoms with Crippen LogP contribution in [0.15, 0.2) is 29.3 Å². The topological polar surface area (TPSA) is 61.4 Å². The van der Waals surface area contributed by atoms with E-state index in [9.17, 15) is 0 Å². The number of morpholine rings is 1. The standard InChI is InChI=1S/C24H41N5O2/c1-19(2)22(29-12-14-31-15-13-29)17-26-24(25-3)27-18-23(28-10-5-6-11-28)20-8-7-9-21(16-20)30-4/h7-9,16,19,22-23H,5-6,10-15,17-18H2,1-4H3,(H2,25,26,27). The van der Waals surface area contributed by atoms with E-state index in [-0.39, 0.29) is 0 Å². The Morgan fingerprint density at radius 3 is 2.42 bits per heavy atom. The molecular weight excluding hydrogens is 390 g/mol. The van der Waals surface area contributed by atoms with Gasteiger partial charge in [-0.15, -0.1) is 0 Å². The van der Waals surface area contributed by atoms with Crippen molar-refractivity contribution in [2.75, 3.05) is 66.6 Å². The first-order valence-corrected chi connectivity index (χ1v) is 11.8. The number of aliphatic imine (C=N–C) groups is 1. The summed E-state index contributed by atoms with van der Waals surface area (Å²) in [7, 11) is 3.58. The third-order valence-corrected chi connectivity index (χ3v) is 6.51. The van der Waals surface area contributed by atoms with Gasteiger partial charge in [0.25, 0.3) is 0 Å². The van der Waals surface area contributed by atoms with Crippen molar-refractivity contribution < 1.29 is 9.47 Å². The van der Waals surface area contributed by atoms with Gasteiger partial charge in [0.15, 0.2) is 5.96 Å². The molecule has 2 saturated heterocycles. The number of ether oxygens (including phenoxy) is 2. The summed E-state index contributed by atoms with van der Waals surface area (Å²) in [6.45, 7) is 12.2. The van der Waals surface area contributed by atoms with Crippen LogP contribution in [0.5, 0.6) is 5.75 Å². The molecule has 0 aliphatic carbocycles. The van der Waals surface area contributed by atoms with Crippen LogP contribution in [0.1, 0.15) is 38.3 Å². The summed E-state index contributed by atoms with van der Waals surface area (Å²) in [5, 5.41) is 7.17. The molecule has 0 bridgehead atoms. The lowest BCUT2D eigenvalue weighted by atomic mass is 10.0. The molecule has 0 aromatic heterocycles. The molecule has 2 atom stereocenters. The molecule has 7 nitrogen and oxygen atoms in total. The summed E-state index contributed by atoms with van der Waals surface area (Å²) in [6, 6.07) is 9.23. The Morgan fingerprint density at radius 2 is 1.77 bits per heavy atom. The number of benzene rings is 1. The molecule has 0 amide bonds. The maximum atomic E-state index is 5.54. The minimum atomic E-state index is 0.302. The van der Waals surface area contributed by atoms with E-state index >= 15 is 0 Å². The zero-order valence-electron chi connectivity index (χ0n) is 19.8. The van der Waals surface area contributed by atoms with Gasteiger partial charge in [0.05, 0.1) is 26.4 Å². The number of nitrogens with zero attached hydrogens (tertiary/aromatic N) is 3. The Balaban J connectivity index is 1.60. The van der Waals surface area contributed by atoms with Crippen LogP contribution in [-0.4, -0.2) is 88.4 Å². The predicted octanol–water partition coefficient (Wildman–Crippen LogP) is 2.35. The van der Waals surface area contributed by atoms with Gasteiger partial charge in [-0.2, -0.15) is 0 Å². The molecule has 3 rings (SSSR count). The molecule has 2 N–H and O–H groups in total. The summed E-state index contributed by atoms with van der Waals surface area (Å²) in [5.74, 6) is 2.35. The third kappa shape index (κ3) is 6.82. The molecular formula is C24H41N5O2. The van der Waals surface area contributed by atoms with Crippen molar-refractivity contribution in [2.45, 2.75) is 38.8 Å². The third-order valence-electron chi connectivity index (χ3n) is 6.51. The van der Waals surface area contributed by atoms with Gasteiger partial charge in [0, 0.05) is 39.3 Å². The second kappa shape index (κ2) is 12.3. The van der Waals surface area contributed by atoms with Crippen LogP contribution >= 0.6 is 0 Å². The van der Waals surface area contributed by atoms with Gasteiger partial charge in [-0.3, -0.25) is 14.8 Å². The first-order valence-electron chi connectivity index (χ1n) is 11.8. The predicted molar refractivity (Wildman–Crippen MR) is 127 cm³/mol. The zero-order valence-corrected chi connectivity index (χ0v) is 19.8. The highest BCUT2D eigenvalue weighted by Crippen LogP contribution is 2.27. The Kier molecular flexibility index (Phi) is 9.43. The first-order chi connectivity index (χ1) is 15.1. The maximum absolute atomic E-state index is 5.54. The fourth-order valence-corrected chi connectivity index (χ4v) is 4.67. The Bertz CT molecular complexity index is 684. The molecule has 0 radical (unpaired) electrons. The Morgan fingerprint density at radius 1 is 1.06 bits per heavy atom. The van der Waals surface area contributed by atoms with E-state index in [1.807, 2.05) is 13.1 Å². The van der Waals surface area contributed by atoms with Crippen molar-refractivity contribution in [1.82, 2.24) is 20.4 Å². The summed E-state index contributed by atoms with van der Waals surface area (Å²) < 4.78 is 11.0. The van der Waals surface area contributed by atoms with Crippen LogP contribution in [0.4, 0.5) is 0 Å². The second-order valence-corrected chi connectivity index (χ2v) is 8.83. The van der Waals surface area contributed by atoms with Gasteiger partial charge < -0.3 is 20.1 Å². The maximum Gasteiger partial charge on any atom is 0.191 e. The zero-order chi connectivity index (χ0) is 22.1. The smallest absolute Gasteiger partial charge is 0.191 e.